The lowest BCUT2D eigenvalue weighted by atomic mass is 9.97. The van der Waals surface area contributed by atoms with E-state index in [4.69, 9.17) is 0 Å². The average Bonchev–Trinajstić information content (AvgIpc) is 2.50. The van der Waals surface area contributed by atoms with Crippen molar-refractivity contribution in [2.75, 3.05) is 38.0 Å². The lowest BCUT2D eigenvalue weighted by Gasteiger charge is -2.31. The molecular formula is C17H26FN3O. The molecule has 0 aliphatic carbocycles. The Balaban J connectivity index is 1.75. The Morgan fingerprint density at radius 3 is 2.73 bits per heavy atom. The number of carbonyl (C=O) groups excluding carboxylic acids is 1. The number of nitrogens with one attached hydrogen (secondary N) is 2. The van der Waals surface area contributed by atoms with Crippen molar-refractivity contribution in [3.8, 4) is 0 Å². The Hall–Kier alpha value is -1.46. The first-order chi connectivity index (χ1) is 10.6. The summed E-state index contributed by atoms with van der Waals surface area (Å²) in [6.45, 7) is 8.18. The van der Waals surface area contributed by atoms with Crippen LogP contribution in [0.4, 0.5) is 10.1 Å². The average molecular weight is 307 g/mol. The Morgan fingerprint density at radius 1 is 1.36 bits per heavy atom. The minimum atomic E-state index is -0.290. The van der Waals surface area contributed by atoms with Gasteiger partial charge in [0.1, 0.15) is 5.82 Å². The SMILES string of the molecule is CCNCC1CCN(CC(=O)Nc2ccc(C)c(F)c2)CC1. The molecule has 0 atom stereocenters. The molecule has 1 fully saturated rings. The maximum Gasteiger partial charge on any atom is 0.238 e. The lowest BCUT2D eigenvalue weighted by molar-refractivity contribution is -0.117. The molecule has 22 heavy (non-hydrogen) atoms. The number of piperidine rings is 1. The van der Waals surface area contributed by atoms with Gasteiger partial charge >= 0.3 is 0 Å². The molecule has 0 saturated carbocycles. The van der Waals surface area contributed by atoms with Crippen LogP contribution < -0.4 is 10.6 Å². The van der Waals surface area contributed by atoms with E-state index < -0.39 is 0 Å². The number of hydrogen-bond acceptors (Lipinski definition) is 3. The first kappa shape index (κ1) is 16.9. The third-order valence-corrected chi connectivity index (χ3v) is 4.21. The summed E-state index contributed by atoms with van der Waals surface area (Å²) < 4.78 is 13.5. The van der Waals surface area contributed by atoms with E-state index in [2.05, 4.69) is 22.5 Å². The molecule has 1 aliphatic heterocycles. The summed E-state index contributed by atoms with van der Waals surface area (Å²) in [7, 11) is 0. The van der Waals surface area contributed by atoms with E-state index in [1.807, 2.05) is 0 Å². The van der Waals surface area contributed by atoms with Crippen LogP contribution in [-0.4, -0.2) is 43.5 Å². The van der Waals surface area contributed by atoms with Crippen molar-refractivity contribution in [1.29, 1.82) is 0 Å². The first-order valence-corrected chi connectivity index (χ1v) is 8.07. The zero-order chi connectivity index (χ0) is 15.9. The number of likely N-dealkylation sites (tertiary alicyclic amines) is 1. The highest BCUT2D eigenvalue weighted by Gasteiger charge is 2.20. The van der Waals surface area contributed by atoms with Crippen molar-refractivity contribution in [3.05, 3.63) is 29.6 Å². The first-order valence-electron chi connectivity index (χ1n) is 8.07. The lowest BCUT2D eigenvalue weighted by Crippen LogP contribution is -2.41. The van der Waals surface area contributed by atoms with E-state index in [9.17, 15) is 9.18 Å². The van der Waals surface area contributed by atoms with Crippen LogP contribution in [0.3, 0.4) is 0 Å². The number of aryl methyl sites for hydroxylation is 1. The second-order valence-corrected chi connectivity index (χ2v) is 6.04. The number of halogens is 1. The molecule has 1 amide bonds. The van der Waals surface area contributed by atoms with Gasteiger partial charge in [0.05, 0.1) is 6.54 Å². The van der Waals surface area contributed by atoms with Gasteiger partial charge in [0.25, 0.3) is 0 Å². The Morgan fingerprint density at radius 2 is 2.09 bits per heavy atom. The fourth-order valence-corrected chi connectivity index (χ4v) is 2.77. The Kier molecular flexibility index (Phi) is 6.34. The number of nitrogens with zero attached hydrogens (tertiary/aromatic N) is 1. The molecule has 4 nitrogen and oxygen atoms in total. The van der Waals surface area contributed by atoms with Gasteiger partial charge in [-0.05, 0) is 69.6 Å². The van der Waals surface area contributed by atoms with Gasteiger partial charge in [-0.15, -0.1) is 0 Å². The molecule has 122 valence electrons. The van der Waals surface area contributed by atoms with Gasteiger partial charge in [0, 0.05) is 5.69 Å². The molecule has 2 rings (SSSR count). The molecule has 0 aromatic heterocycles. The normalized spacial score (nSPS) is 16.7. The number of anilines is 1. The van der Waals surface area contributed by atoms with Gasteiger partial charge in [-0.25, -0.2) is 4.39 Å². The van der Waals surface area contributed by atoms with Crippen LogP contribution in [-0.2, 0) is 4.79 Å². The summed E-state index contributed by atoms with van der Waals surface area (Å²) in [5.41, 5.74) is 1.11. The smallest absolute Gasteiger partial charge is 0.238 e. The molecule has 1 heterocycles. The molecule has 1 aliphatic rings. The molecule has 0 unspecified atom stereocenters. The van der Waals surface area contributed by atoms with Gasteiger partial charge in [-0.3, -0.25) is 9.69 Å². The van der Waals surface area contributed by atoms with Gasteiger partial charge in [-0.2, -0.15) is 0 Å². The largest absolute Gasteiger partial charge is 0.325 e. The molecule has 0 spiro atoms. The van der Waals surface area contributed by atoms with Crippen LogP contribution in [0.25, 0.3) is 0 Å². The van der Waals surface area contributed by atoms with Crippen molar-refractivity contribution in [2.45, 2.75) is 26.7 Å². The van der Waals surface area contributed by atoms with Gasteiger partial charge in [-0.1, -0.05) is 13.0 Å². The van der Waals surface area contributed by atoms with Crippen LogP contribution in [0, 0.1) is 18.7 Å². The fourth-order valence-electron chi connectivity index (χ4n) is 2.77. The predicted molar refractivity (Wildman–Crippen MR) is 87.5 cm³/mol. The monoisotopic (exact) mass is 307 g/mol. The van der Waals surface area contributed by atoms with E-state index >= 15 is 0 Å². The third kappa shape index (κ3) is 5.07. The van der Waals surface area contributed by atoms with Crippen LogP contribution in [0.1, 0.15) is 25.3 Å². The summed E-state index contributed by atoms with van der Waals surface area (Å²) in [4.78, 5) is 14.2. The zero-order valence-corrected chi connectivity index (χ0v) is 13.5. The highest BCUT2D eigenvalue weighted by Crippen LogP contribution is 2.17. The summed E-state index contributed by atoms with van der Waals surface area (Å²) in [5, 5.41) is 6.15. The van der Waals surface area contributed by atoms with Crippen LogP contribution >= 0.6 is 0 Å². The highest BCUT2D eigenvalue weighted by molar-refractivity contribution is 5.92. The van der Waals surface area contributed by atoms with Crippen LogP contribution in [0.15, 0.2) is 18.2 Å². The maximum atomic E-state index is 13.5. The van der Waals surface area contributed by atoms with E-state index in [1.165, 1.54) is 6.07 Å². The quantitative estimate of drug-likeness (QED) is 0.848. The minimum absolute atomic E-state index is 0.0756. The zero-order valence-electron chi connectivity index (χ0n) is 13.5. The van der Waals surface area contributed by atoms with E-state index in [-0.39, 0.29) is 11.7 Å². The van der Waals surface area contributed by atoms with Gasteiger partial charge < -0.3 is 10.6 Å². The fraction of sp³-hybridized carbons (Fsp3) is 0.588. The maximum absolute atomic E-state index is 13.5. The molecule has 0 radical (unpaired) electrons. The summed E-state index contributed by atoms with van der Waals surface area (Å²) in [6.07, 6.45) is 2.25. The van der Waals surface area contributed by atoms with Gasteiger partial charge in [0.15, 0.2) is 0 Å². The highest BCUT2D eigenvalue weighted by atomic mass is 19.1. The predicted octanol–water partition coefficient (Wildman–Crippen LogP) is 2.39. The number of amides is 1. The standard InChI is InChI=1S/C17H26FN3O/c1-3-19-11-14-6-8-21(9-7-14)12-17(22)20-15-5-4-13(2)16(18)10-15/h4-5,10,14,19H,3,6-9,11-12H2,1-2H3,(H,20,22). The third-order valence-electron chi connectivity index (χ3n) is 4.21. The Labute approximate surface area is 132 Å². The summed E-state index contributed by atoms with van der Waals surface area (Å²) in [6, 6.07) is 4.78. The van der Waals surface area contributed by atoms with Crippen molar-refractivity contribution in [1.82, 2.24) is 10.2 Å². The van der Waals surface area contributed by atoms with Crippen LogP contribution in [0.2, 0.25) is 0 Å². The number of rotatable bonds is 6. The number of carbonyl (C=O) groups is 1. The van der Waals surface area contributed by atoms with E-state index in [0.29, 0.717) is 23.7 Å². The van der Waals surface area contributed by atoms with Gasteiger partial charge in [0.2, 0.25) is 5.91 Å². The summed E-state index contributed by atoms with van der Waals surface area (Å²) in [5.74, 6) is 0.348. The topological polar surface area (TPSA) is 44.4 Å². The molecule has 1 saturated heterocycles. The molecule has 5 heteroatoms. The van der Waals surface area contributed by atoms with Crippen LogP contribution in [0.5, 0.6) is 0 Å². The van der Waals surface area contributed by atoms with Crippen molar-refractivity contribution < 1.29 is 9.18 Å². The molecule has 1 aromatic carbocycles. The second-order valence-electron chi connectivity index (χ2n) is 6.04. The van der Waals surface area contributed by atoms with E-state index in [0.717, 1.165) is 39.0 Å². The van der Waals surface area contributed by atoms with Crippen molar-refractivity contribution in [3.63, 3.8) is 0 Å². The van der Waals surface area contributed by atoms with Crippen molar-refractivity contribution in [2.24, 2.45) is 5.92 Å². The van der Waals surface area contributed by atoms with E-state index in [1.54, 1.807) is 19.1 Å². The molecular weight excluding hydrogens is 281 g/mol. The summed E-state index contributed by atoms with van der Waals surface area (Å²) >= 11 is 0. The second kappa shape index (κ2) is 8.25. The number of benzene rings is 1. The molecule has 0 bridgehead atoms. The molecule has 2 N–H and O–H groups in total. The van der Waals surface area contributed by atoms with Crippen molar-refractivity contribution >= 4 is 11.6 Å². The molecule has 1 aromatic rings. The Bertz CT molecular complexity index is 499. The minimum Gasteiger partial charge on any atom is -0.325 e. The number of hydrogen-bond donors (Lipinski definition) is 2.